The van der Waals surface area contributed by atoms with Gasteiger partial charge in [0.15, 0.2) is 5.13 Å². The van der Waals surface area contributed by atoms with Gasteiger partial charge in [-0.25, -0.2) is 0 Å². The van der Waals surface area contributed by atoms with Crippen LogP contribution in [0.5, 0.6) is 0 Å². The molecule has 3 unspecified atom stereocenters. The first kappa shape index (κ1) is 28.8. The molecule has 14 nitrogen and oxygen atoms in total. The summed E-state index contributed by atoms with van der Waals surface area (Å²) in [5, 5.41) is 17.7. The van der Waals surface area contributed by atoms with Gasteiger partial charge in [-0.2, -0.15) is 9.36 Å². The molecule has 0 aromatic carbocycles. The number of carbonyl (C=O) groups excluding carboxylic acids is 4. The summed E-state index contributed by atoms with van der Waals surface area (Å²) in [5.41, 5.74) is 10.6. The zero-order chi connectivity index (χ0) is 28.0. The lowest BCUT2D eigenvalue weighted by atomic mass is 10.0. The van der Waals surface area contributed by atoms with Crippen LogP contribution in [0.4, 0.5) is 5.13 Å². The van der Waals surface area contributed by atoms with Crippen molar-refractivity contribution in [3.05, 3.63) is 41.4 Å². The molecule has 5 N–H and O–H groups in total. The van der Waals surface area contributed by atoms with Crippen molar-refractivity contribution in [2.75, 3.05) is 45.3 Å². The van der Waals surface area contributed by atoms with Crippen LogP contribution in [-0.4, -0.2) is 99.1 Å². The normalized spacial score (nSPS) is 21.3. The topological polar surface area (TPSA) is 206 Å². The fraction of sp³-hybridized carbons (Fsp3) is 0.409. The van der Waals surface area contributed by atoms with Crippen LogP contribution in [-0.2, 0) is 24.0 Å². The third-order valence-electron chi connectivity index (χ3n) is 5.99. The molecule has 0 radical (unpaired) electrons. The third kappa shape index (κ3) is 6.38. The summed E-state index contributed by atoms with van der Waals surface area (Å²) in [7, 11) is 3.22. The Hall–Kier alpha value is -3.76. The Morgan fingerprint density at radius 3 is 2.63 bits per heavy atom. The van der Waals surface area contributed by atoms with E-state index < -0.39 is 35.1 Å². The predicted molar refractivity (Wildman–Crippen MR) is 139 cm³/mol. The van der Waals surface area contributed by atoms with E-state index in [4.69, 9.17) is 16.3 Å². The van der Waals surface area contributed by atoms with E-state index in [1.807, 2.05) is 20.0 Å². The van der Waals surface area contributed by atoms with Gasteiger partial charge < -0.3 is 36.0 Å². The van der Waals surface area contributed by atoms with Crippen LogP contribution in [0.15, 0.2) is 40.7 Å². The Bertz CT molecular complexity index is 1240. The van der Waals surface area contributed by atoms with Crippen molar-refractivity contribution in [3.63, 3.8) is 0 Å². The quantitative estimate of drug-likeness (QED) is 0.0831. The van der Waals surface area contributed by atoms with E-state index in [9.17, 15) is 24.3 Å². The number of rotatable bonds is 12. The Kier molecular flexibility index (Phi) is 9.24. The van der Waals surface area contributed by atoms with Crippen molar-refractivity contribution in [1.29, 1.82) is 0 Å². The minimum Gasteiger partial charge on any atom is -0.543 e. The highest BCUT2D eigenvalue weighted by molar-refractivity contribution is 8.00. The van der Waals surface area contributed by atoms with E-state index in [1.54, 1.807) is 12.2 Å². The molecule has 1 saturated heterocycles. The number of hydrogen-bond donors (Lipinski definition) is 3. The number of fused-ring (bicyclic) bond motifs is 1. The zero-order valence-electron chi connectivity index (χ0n) is 20.9. The highest BCUT2D eigenvalue weighted by Crippen LogP contribution is 2.40. The van der Waals surface area contributed by atoms with Crippen LogP contribution >= 0.6 is 23.3 Å². The molecule has 204 valence electrons. The number of nitrogens with one attached hydrogen (secondary N) is 1. The van der Waals surface area contributed by atoms with Gasteiger partial charge in [0.2, 0.25) is 17.4 Å². The summed E-state index contributed by atoms with van der Waals surface area (Å²) < 4.78 is 4.48. The number of quaternary nitrogens is 1. The molecule has 1 aromatic heterocycles. The maximum Gasteiger partial charge on any atom is 0.278 e. The van der Waals surface area contributed by atoms with Crippen LogP contribution in [0.1, 0.15) is 12.7 Å². The predicted octanol–water partition coefficient (Wildman–Crippen LogP) is -2.06. The molecule has 2 aliphatic rings. The largest absolute Gasteiger partial charge is 0.543 e. The summed E-state index contributed by atoms with van der Waals surface area (Å²) in [6.45, 7) is 3.84. The van der Waals surface area contributed by atoms with Crippen molar-refractivity contribution in [2.45, 2.75) is 18.3 Å². The fourth-order valence-electron chi connectivity index (χ4n) is 3.78. The van der Waals surface area contributed by atoms with Crippen molar-refractivity contribution >= 4 is 57.8 Å². The number of aliphatic carboxylic acids is 1. The lowest BCUT2D eigenvalue weighted by Crippen LogP contribution is -2.71. The van der Waals surface area contributed by atoms with E-state index in [0.29, 0.717) is 23.1 Å². The number of nitrogens with zero attached hydrogens (tertiary/aromatic N) is 5. The number of nitrogens with two attached hydrogens (primary N) is 2. The summed E-state index contributed by atoms with van der Waals surface area (Å²) in [6.07, 6.45) is 6.49. The third-order valence-corrected chi connectivity index (χ3v) is 7.83. The Balaban J connectivity index is 1.74. The van der Waals surface area contributed by atoms with Gasteiger partial charge in [0, 0.05) is 23.4 Å². The van der Waals surface area contributed by atoms with Gasteiger partial charge in [0.05, 0.1) is 38.3 Å². The van der Waals surface area contributed by atoms with Crippen molar-refractivity contribution in [2.24, 2.45) is 10.9 Å². The molecule has 3 rings (SSSR count). The number of thioether (sulfide) groups is 1. The lowest BCUT2D eigenvalue weighted by Gasteiger charge is -2.50. The maximum atomic E-state index is 12.9. The summed E-state index contributed by atoms with van der Waals surface area (Å²) >= 11 is 2.17. The van der Waals surface area contributed by atoms with E-state index >= 15 is 0 Å². The number of carboxylic acids is 1. The van der Waals surface area contributed by atoms with E-state index in [-0.39, 0.29) is 28.1 Å². The number of amides is 3. The molecule has 38 heavy (non-hydrogen) atoms. The summed E-state index contributed by atoms with van der Waals surface area (Å²) in [4.78, 5) is 58.5. The number of hydrogen-bond acceptors (Lipinski definition) is 12. The Labute approximate surface area is 226 Å². The van der Waals surface area contributed by atoms with Crippen LogP contribution < -0.4 is 21.9 Å². The maximum absolute atomic E-state index is 12.9. The van der Waals surface area contributed by atoms with Gasteiger partial charge in [-0.15, -0.1) is 11.8 Å². The average Bonchev–Trinajstić information content (AvgIpc) is 3.30. The second-order valence-electron chi connectivity index (χ2n) is 8.61. The van der Waals surface area contributed by atoms with Gasteiger partial charge in [-0.1, -0.05) is 11.2 Å². The molecule has 0 spiro atoms. The molecule has 0 saturated carbocycles. The zero-order valence-corrected chi connectivity index (χ0v) is 22.6. The van der Waals surface area contributed by atoms with Crippen molar-refractivity contribution < 1.29 is 33.6 Å². The Morgan fingerprint density at radius 2 is 2.05 bits per heavy atom. The van der Waals surface area contributed by atoms with Gasteiger partial charge >= 0.3 is 0 Å². The highest BCUT2D eigenvalue weighted by atomic mass is 32.2. The van der Waals surface area contributed by atoms with E-state index in [2.05, 4.69) is 19.8 Å². The molecule has 1 fully saturated rings. The van der Waals surface area contributed by atoms with E-state index in [0.717, 1.165) is 23.0 Å². The molecule has 3 heterocycles. The molecule has 0 aliphatic carbocycles. The molecule has 1 aromatic rings. The van der Waals surface area contributed by atoms with Crippen LogP contribution in [0.25, 0.3) is 0 Å². The van der Waals surface area contributed by atoms with Crippen molar-refractivity contribution in [1.82, 2.24) is 19.6 Å². The number of likely N-dealkylation sites (N-methyl/N-ethyl adjacent to an activating group) is 1. The Morgan fingerprint density at radius 1 is 1.34 bits per heavy atom. The number of oxime groups is 1. The highest BCUT2D eigenvalue weighted by Gasteiger charge is 2.53. The molecule has 0 bridgehead atoms. The average molecular weight is 565 g/mol. The summed E-state index contributed by atoms with van der Waals surface area (Å²) in [6, 6.07) is -0.998. The lowest BCUT2D eigenvalue weighted by molar-refractivity contribution is -0.896. The number of nitrogen functional groups attached to an aromatic ring is 1. The molecule has 2 aliphatic heterocycles. The van der Waals surface area contributed by atoms with E-state index in [1.165, 1.54) is 24.9 Å². The van der Waals surface area contributed by atoms with Gasteiger partial charge in [0.25, 0.3) is 11.8 Å². The molecule has 16 heteroatoms. The number of carbonyl (C=O) groups is 4. The van der Waals surface area contributed by atoms with Crippen LogP contribution in [0.3, 0.4) is 0 Å². The molecule has 3 atom stereocenters. The minimum absolute atomic E-state index is 0.0582. The van der Waals surface area contributed by atoms with Gasteiger partial charge in [-0.3, -0.25) is 19.3 Å². The standard InChI is InChI=1S/C22H28N8O6S2/c1-4-30(2,10-6-8-13(23)31)9-5-7-12-11-37-20-15(19(33)29(20)16(12)21(34)35)25-18(32)14(27-36-3)17-26-22(24)38-28-17/h5-8,15,20H,4,9-11H2,1-3H3,(H5-,23,24,25,26,28,31,32,34,35)/b7-5+,8-6+,27-14-. The first-order valence-electron chi connectivity index (χ1n) is 11.4. The fourth-order valence-corrected chi connectivity index (χ4v) is 5.53. The first-order chi connectivity index (χ1) is 18.0. The number of allylic oxidation sites excluding steroid dienone is 1. The minimum atomic E-state index is -1.49. The van der Waals surface area contributed by atoms with Crippen LogP contribution in [0, 0.1) is 0 Å². The monoisotopic (exact) mass is 564 g/mol. The van der Waals surface area contributed by atoms with Gasteiger partial charge in [-0.05, 0) is 24.6 Å². The second-order valence-corrected chi connectivity index (χ2v) is 10.5. The smallest absolute Gasteiger partial charge is 0.278 e. The SMILES string of the molecule is CC[N+](C)(C/C=C/C(N)=O)C/C=C/C1=C(C(=O)[O-])N2C(=O)C(NC(=O)/C(=N\OC)c3nsc(N)n3)C2SC1. The number of anilines is 1. The molecule has 3 amide bonds. The number of carboxylic acid groups (broad SMARTS) is 1. The first-order valence-corrected chi connectivity index (χ1v) is 13.2. The van der Waals surface area contributed by atoms with Crippen molar-refractivity contribution in [3.8, 4) is 0 Å². The number of β-lactam (4-membered cyclic amide) rings is 1. The summed E-state index contributed by atoms with van der Waals surface area (Å²) in [5.74, 6) is -3.17. The molecular weight excluding hydrogens is 536 g/mol. The van der Waals surface area contributed by atoms with Crippen LogP contribution in [0.2, 0.25) is 0 Å². The second kappa shape index (κ2) is 12.2. The number of aromatic nitrogens is 2. The number of primary amides is 1. The van der Waals surface area contributed by atoms with Gasteiger partial charge in [0.1, 0.15) is 18.5 Å². The molecular formula is C22H28N8O6S2.